The second kappa shape index (κ2) is 4.19. The monoisotopic (exact) mass is 199 g/mol. The highest BCUT2D eigenvalue weighted by atomic mass is 16.5. The van der Waals surface area contributed by atoms with Gasteiger partial charge in [-0.2, -0.15) is 0 Å². The van der Waals surface area contributed by atoms with Crippen molar-refractivity contribution in [2.75, 3.05) is 13.1 Å². The second-order valence-electron chi connectivity index (χ2n) is 5.94. The first-order valence-corrected chi connectivity index (χ1v) is 5.73. The Morgan fingerprint density at radius 1 is 1.43 bits per heavy atom. The highest BCUT2D eigenvalue weighted by Gasteiger charge is 2.32. The topological polar surface area (TPSA) is 21.3 Å². The summed E-state index contributed by atoms with van der Waals surface area (Å²) in [4.78, 5) is 0. The van der Waals surface area contributed by atoms with Crippen LogP contribution in [0.3, 0.4) is 0 Å². The van der Waals surface area contributed by atoms with Gasteiger partial charge in [-0.3, -0.25) is 0 Å². The van der Waals surface area contributed by atoms with E-state index in [1.807, 2.05) is 0 Å². The third-order valence-electron chi connectivity index (χ3n) is 2.91. The van der Waals surface area contributed by atoms with E-state index in [1.165, 1.54) is 0 Å². The molecule has 0 aromatic rings. The van der Waals surface area contributed by atoms with Gasteiger partial charge in [0.1, 0.15) is 0 Å². The van der Waals surface area contributed by atoms with Crippen LogP contribution in [0.15, 0.2) is 0 Å². The van der Waals surface area contributed by atoms with Crippen LogP contribution < -0.4 is 5.32 Å². The predicted octanol–water partition coefficient (Wildman–Crippen LogP) is 2.58. The average Bonchev–Trinajstić information content (AvgIpc) is 2.01. The zero-order valence-corrected chi connectivity index (χ0v) is 10.3. The summed E-state index contributed by atoms with van der Waals surface area (Å²) < 4.78 is 6.14. The maximum atomic E-state index is 6.14. The molecule has 0 amide bonds. The number of nitrogens with one attached hydrogen (secondary N) is 1. The average molecular weight is 199 g/mol. The summed E-state index contributed by atoms with van der Waals surface area (Å²) in [5, 5.41) is 3.47. The maximum Gasteiger partial charge on any atom is 0.0780 e. The summed E-state index contributed by atoms with van der Waals surface area (Å²) in [5.41, 5.74) is 0.409. The molecule has 2 atom stereocenters. The van der Waals surface area contributed by atoms with Gasteiger partial charge in [0.15, 0.2) is 0 Å². The minimum Gasteiger partial charge on any atom is -0.369 e. The lowest BCUT2D eigenvalue weighted by atomic mass is 9.88. The van der Waals surface area contributed by atoms with Crippen molar-refractivity contribution in [1.82, 2.24) is 5.32 Å². The molecule has 0 aromatic heterocycles. The number of hydrogen-bond acceptors (Lipinski definition) is 2. The van der Waals surface area contributed by atoms with E-state index in [4.69, 9.17) is 4.74 Å². The van der Waals surface area contributed by atoms with Crippen molar-refractivity contribution in [3.05, 3.63) is 0 Å². The van der Waals surface area contributed by atoms with Gasteiger partial charge in [-0.25, -0.2) is 0 Å². The SMILES string of the molecule is CCC1(C)CNCC(CC(C)(C)C)O1. The normalized spacial score (nSPS) is 34.5. The van der Waals surface area contributed by atoms with E-state index in [-0.39, 0.29) is 5.60 Å². The summed E-state index contributed by atoms with van der Waals surface area (Å²) in [7, 11) is 0. The molecule has 0 radical (unpaired) electrons. The smallest absolute Gasteiger partial charge is 0.0780 e. The summed E-state index contributed by atoms with van der Waals surface area (Å²) in [6, 6.07) is 0. The molecular formula is C12H25NO. The van der Waals surface area contributed by atoms with Crippen LogP contribution in [0.2, 0.25) is 0 Å². The van der Waals surface area contributed by atoms with E-state index < -0.39 is 0 Å². The van der Waals surface area contributed by atoms with Crippen LogP contribution in [-0.2, 0) is 4.74 Å². The van der Waals surface area contributed by atoms with E-state index in [9.17, 15) is 0 Å². The molecule has 1 saturated heterocycles. The Morgan fingerprint density at radius 2 is 2.07 bits per heavy atom. The van der Waals surface area contributed by atoms with Crippen LogP contribution in [0.5, 0.6) is 0 Å². The highest BCUT2D eigenvalue weighted by Crippen LogP contribution is 2.28. The molecule has 2 nitrogen and oxygen atoms in total. The molecule has 0 spiro atoms. The molecule has 0 bridgehead atoms. The van der Waals surface area contributed by atoms with Crippen LogP contribution in [0.25, 0.3) is 0 Å². The molecule has 1 fully saturated rings. The largest absolute Gasteiger partial charge is 0.369 e. The molecule has 1 rings (SSSR count). The Labute approximate surface area is 88.4 Å². The molecule has 84 valence electrons. The predicted molar refractivity (Wildman–Crippen MR) is 60.5 cm³/mol. The summed E-state index contributed by atoms with van der Waals surface area (Å²) in [6.45, 7) is 13.2. The third kappa shape index (κ3) is 3.58. The van der Waals surface area contributed by atoms with Gasteiger partial charge in [-0.15, -0.1) is 0 Å². The minimum atomic E-state index is 0.0498. The Bertz CT molecular complexity index is 185. The molecule has 2 heteroatoms. The fraction of sp³-hybridized carbons (Fsp3) is 1.00. The van der Waals surface area contributed by atoms with E-state index in [0.717, 1.165) is 25.9 Å². The van der Waals surface area contributed by atoms with Crippen molar-refractivity contribution >= 4 is 0 Å². The van der Waals surface area contributed by atoms with E-state index in [0.29, 0.717) is 11.5 Å². The molecule has 0 aliphatic carbocycles. The van der Waals surface area contributed by atoms with Crippen molar-refractivity contribution in [3.8, 4) is 0 Å². The summed E-state index contributed by atoms with van der Waals surface area (Å²) >= 11 is 0. The standard InChI is InChI=1S/C12H25NO/c1-6-12(5)9-13-8-10(14-12)7-11(2,3)4/h10,13H,6-9H2,1-5H3. The first kappa shape index (κ1) is 12.0. The Hall–Kier alpha value is -0.0800. The minimum absolute atomic E-state index is 0.0498. The van der Waals surface area contributed by atoms with Crippen molar-refractivity contribution in [1.29, 1.82) is 0 Å². The van der Waals surface area contributed by atoms with Gasteiger partial charge < -0.3 is 10.1 Å². The van der Waals surface area contributed by atoms with Gasteiger partial charge in [-0.1, -0.05) is 27.7 Å². The van der Waals surface area contributed by atoms with E-state index >= 15 is 0 Å². The molecule has 1 aliphatic heterocycles. The zero-order valence-electron chi connectivity index (χ0n) is 10.3. The van der Waals surface area contributed by atoms with Crippen LogP contribution >= 0.6 is 0 Å². The van der Waals surface area contributed by atoms with Gasteiger partial charge in [0.25, 0.3) is 0 Å². The molecule has 1 heterocycles. The van der Waals surface area contributed by atoms with Crippen molar-refractivity contribution in [3.63, 3.8) is 0 Å². The third-order valence-corrected chi connectivity index (χ3v) is 2.91. The quantitative estimate of drug-likeness (QED) is 0.738. The molecule has 1 N–H and O–H groups in total. The molecule has 0 saturated carbocycles. The first-order chi connectivity index (χ1) is 6.35. The van der Waals surface area contributed by atoms with Crippen LogP contribution in [-0.4, -0.2) is 24.8 Å². The fourth-order valence-electron chi connectivity index (χ4n) is 1.99. The molecule has 0 aromatic carbocycles. The number of morpholine rings is 1. The molecule has 1 aliphatic rings. The maximum absolute atomic E-state index is 6.14. The lowest BCUT2D eigenvalue weighted by Crippen LogP contribution is -2.52. The Kier molecular flexibility index (Phi) is 3.59. The lowest BCUT2D eigenvalue weighted by molar-refractivity contribution is -0.117. The second-order valence-corrected chi connectivity index (χ2v) is 5.94. The van der Waals surface area contributed by atoms with Crippen molar-refractivity contribution in [2.24, 2.45) is 5.41 Å². The molecule has 2 unspecified atom stereocenters. The van der Waals surface area contributed by atoms with Crippen molar-refractivity contribution < 1.29 is 4.74 Å². The van der Waals surface area contributed by atoms with Crippen LogP contribution in [0.4, 0.5) is 0 Å². The lowest BCUT2D eigenvalue weighted by Gasteiger charge is -2.40. The van der Waals surface area contributed by atoms with E-state index in [2.05, 4.69) is 39.9 Å². The summed E-state index contributed by atoms with van der Waals surface area (Å²) in [6.07, 6.45) is 2.60. The first-order valence-electron chi connectivity index (χ1n) is 5.73. The Morgan fingerprint density at radius 3 is 2.57 bits per heavy atom. The van der Waals surface area contributed by atoms with Crippen LogP contribution in [0.1, 0.15) is 47.5 Å². The molecular weight excluding hydrogens is 174 g/mol. The molecule has 14 heavy (non-hydrogen) atoms. The fourth-order valence-corrected chi connectivity index (χ4v) is 1.99. The summed E-state index contributed by atoms with van der Waals surface area (Å²) in [5.74, 6) is 0. The van der Waals surface area contributed by atoms with Crippen molar-refractivity contribution in [2.45, 2.75) is 59.2 Å². The van der Waals surface area contributed by atoms with Gasteiger partial charge in [0, 0.05) is 13.1 Å². The zero-order chi connectivity index (χ0) is 10.8. The van der Waals surface area contributed by atoms with Gasteiger partial charge in [0.05, 0.1) is 11.7 Å². The number of rotatable bonds is 2. The van der Waals surface area contributed by atoms with E-state index in [1.54, 1.807) is 0 Å². The van der Waals surface area contributed by atoms with Crippen LogP contribution in [0, 0.1) is 5.41 Å². The van der Waals surface area contributed by atoms with Gasteiger partial charge in [-0.05, 0) is 25.2 Å². The highest BCUT2D eigenvalue weighted by molar-refractivity contribution is 4.85. The van der Waals surface area contributed by atoms with Gasteiger partial charge in [0.2, 0.25) is 0 Å². The Balaban J connectivity index is 2.48. The number of ether oxygens (including phenoxy) is 1. The van der Waals surface area contributed by atoms with Gasteiger partial charge >= 0.3 is 0 Å². The number of hydrogen-bond donors (Lipinski definition) is 1.